The molecule has 1 N–H and O–H groups in total. The van der Waals surface area contributed by atoms with Crippen LogP contribution in [0.1, 0.15) is 35.0 Å². The summed E-state index contributed by atoms with van der Waals surface area (Å²) >= 11 is 0. The highest BCUT2D eigenvalue weighted by Gasteiger charge is 2.07. The fourth-order valence-electron chi connectivity index (χ4n) is 2.15. The van der Waals surface area contributed by atoms with Crippen LogP contribution in [0.2, 0.25) is 0 Å². The maximum absolute atomic E-state index is 4.58. The van der Waals surface area contributed by atoms with E-state index in [-0.39, 0.29) is 0 Å². The smallest absolute Gasteiger partial charge is 0.0662 e. The molecule has 0 atom stereocenters. The van der Waals surface area contributed by atoms with Crippen LogP contribution in [0.15, 0.2) is 24.3 Å². The van der Waals surface area contributed by atoms with Gasteiger partial charge in [-0.05, 0) is 44.0 Å². The quantitative estimate of drug-likeness (QED) is 0.892. The molecule has 0 aliphatic rings. The molecule has 0 fully saturated rings. The summed E-state index contributed by atoms with van der Waals surface area (Å²) in [4.78, 5) is 0. The monoisotopic (exact) mass is 257 g/mol. The van der Waals surface area contributed by atoms with Crippen LogP contribution in [0.4, 0.5) is 0 Å². The van der Waals surface area contributed by atoms with Crippen LogP contribution in [0.3, 0.4) is 0 Å². The molecule has 1 aromatic carbocycles. The number of rotatable bonds is 5. The average molecular weight is 257 g/mol. The lowest BCUT2D eigenvalue weighted by Crippen LogP contribution is -2.11. The molecule has 19 heavy (non-hydrogen) atoms. The minimum absolute atomic E-state index is 0.849. The molecule has 3 heteroatoms. The number of nitrogens with one attached hydrogen (secondary N) is 1. The maximum atomic E-state index is 4.58. The number of aryl methyl sites for hydroxylation is 1. The van der Waals surface area contributed by atoms with E-state index in [0.717, 1.165) is 25.3 Å². The predicted octanol–water partition coefficient (Wildman–Crippen LogP) is 2.97. The number of nitrogens with zero attached hydrogens (tertiary/aromatic N) is 2. The van der Waals surface area contributed by atoms with Gasteiger partial charge < -0.3 is 5.32 Å². The summed E-state index contributed by atoms with van der Waals surface area (Å²) < 4.78 is 2.09. The van der Waals surface area contributed by atoms with E-state index in [0.29, 0.717) is 0 Å². The largest absolute Gasteiger partial charge is 0.313 e. The Kier molecular flexibility index (Phi) is 4.38. The molecule has 0 bridgehead atoms. The van der Waals surface area contributed by atoms with Crippen LogP contribution in [0, 0.1) is 20.8 Å². The highest BCUT2D eigenvalue weighted by molar-refractivity contribution is 5.26. The number of benzene rings is 1. The molecule has 1 aromatic heterocycles. The molecular weight excluding hydrogens is 234 g/mol. The number of hydrogen-bond acceptors (Lipinski definition) is 2. The standard InChI is InChI=1S/C16H23N3/c1-5-17-10-15-6-8-16(9-7-15)11-19-14(4)12(2)13(3)18-19/h6-9,17H,5,10-11H2,1-4H3. The molecule has 0 amide bonds. The molecule has 0 saturated carbocycles. The van der Waals surface area contributed by atoms with E-state index < -0.39 is 0 Å². The van der Waals surface area contributed by atoms with Crippen molar-refractivity contribution < 1.29 is 0 Å². The minimum Gasteiger partial charge on any atom is -0.313 e. The van der Waals surface area contributed by atoms with Crippen LogP contribution in [0.5, 0.6) is 0 Å². The topological polar surface area (TPSA) is 29.9 Å². The van der Waals surface area contributed by atoms with E-state index in [4.69, 9.17) is 0 Å². The molecule has 3 nitrogen and oxygen atoms in total. The van der Waals surface area contributed by atoms with Gasteiger partial charge in [0.2, 0.25) is 0 Å². The van der Waals surface area contributed by atoms with Crippen molar-refractivity contribution in [3.63, 3.8) is 0 Å². The summed E-state index contributed by atoms with van der Waals surface area (Å²) in [5.41, 5.74) is 6.31. The van der Waals surface area contributed by atoms with Gasteiger partial charge in [0.25, 0.3) is 0 Å². The lowest BCUT2D eigenvalue weighted by Gasteiger charge is -2.07. The fourth-order valence-corrected chi connectivity index (χ4v) is 2.15. The minimum atomic E-state index is 0.849. The van der Waals surface area contributed by atoms with Crippen molar-refractivity contribution in [2.75, 3.05) is 6.54 Å². The SMILES string of the molecule is CCNCc1ccc(Cn2nc(C)c(C)c2C)cc1. The molecule has 0 aliphatic carbocycles. The first-order valence-electron chi connectivity index (χ1n) is 6.91. The Hall–Kier alpha value is -1.61. The van der Waals surface area contributed by atoms with Gasteiger partial charge in [-0.3, -0.25) is 4.68 Å². The molecule has 0 saturated heterocycles. The molecular formula is C16H23N3. The highest BCUT2D eigenvalue weighted by Crippen LogP contribution is 2.13. The first kappa shape index (κ1) is 13.8. The van der Waals surface area contributed by atoms with Gasteiger partial charge in [0.15, 0.2) is 0 Å². The number of aromatic nitrogens is 2. The van der Waals surface area contributed by atoms with Crippen molar-refractivity contribution in [2.45, 2.75) is 40.8 Å². The zero-order valence-electron chi connectivity index (χ0n) is 12.3. The second kappa shape index (κ2) is 6.02. The molecule has 0 radical (unpaired) electrons. The fraction of sp³-hybridized carbons (Fsp3) is 0.438. The third-order valence-corrected chi connectivity index (χ3v) is 3.68. The van der Waals surface area contributed by atoms with Gasteiger partial charge in [-0.2, -0.15) is 5.10 Å². The van der Waals surface area contributed by atoms with E-state index >= 15 is 0 Å². The van der Waals surface area contributed by atoms with E-state index in [9.17, 15) is 0 Å². The van der Waals surface area contributed by atoms with Crippen molar-refractivity contribution >= 4 is 0 Å². The zero-order chi connectivity index (χ0) is 13.8. The molecule has 0 aliphatic heterocycles. The van der Waals surface area contributed by atoms with Gasteiger partial charge in [0.05, 0.1) is 12.2 Å². The summed E-state index contributed by atoms with van der Waals surface area (Å²) in [5, 5.41) is 7.92. The van der Waals surface area contributed by atoms with Gasteiger partial charge in [0.1, 0.15) is 0 Å². The zero-order valence-corrected chi connectivity index (χ0v) is 12.3. The Bertz CT molecular complexity index is 538. The lowest BCUT2D eigenvalue weighted by atomic mass is 10.1. The van der Waals surface area contributed by atoms with Crippen molar-refractivity contribution in [3.05, 3.63) is 52.3 Å². The van der Waals surface area contributed by atoms with Crippen molar-refractivity contribution in [3.8, 4) is 0 Å². The average Bonchev–Trinajstić information content (AvgIpc) is 2.66. The van der Waals surface area contributed by atoms with E-state index in [2.05, 4.69) is 67.1 Å². The van der Waals surface area contributed by atoms with Gasteiger partial charge in [-0.1, -0.05) is 31.2 Å². The third kappa shape index (κ3) is 3.24. The van der Waals surface area contributed by atoms with Gasteiger partial charge >= 0.3 is 0 Å². The summed E-state index contributed by atoms with van der Waals surface area (Å²) in [5.74, 6) is 0. The maximum Gasteiger partial charge on any atom is 0.0662 e. The normalized spacial score (nSPS) is 10.9. The van der Waals surface area contributed by atoms with Gasteiger partial charge in [0, 0.05) is 12.2 Å². The molecule has 0 spiro atoms. The lowest BCUT2D eigenvalue weighted by molar-refractivity contribution is 0.658. The van der Waals surface area contributed by atoms with Crippen LogP contribution in [0.25, 0.3) is 0 Å². The Morgan fingerprint density at radius 1 is 1.05 bits per heavy atom. The second-order valence-corrected chi connectivity index (χ2v) is 5.05. The first-order valence-corrected chi connectivity index (χ1v) is 6.91. The Morgan fingerprint density at radius 2 is 1.68 bits per heavy atom. The molecule has 1 heterocycles. The van der Waals surface area contributed by atoms with E-state index in [1.54, 1.807) is 0 Å². The van der Waals surface area contributed by atoms with Crippen LogP contribution >= 0.6 is 0 Å². The first-order chi connectivity index (χ1) is 9.11. The van der Waals surface area contributed by atoms with E-state index in [1.807, 2.05) is 0 Å². The predicted molar refractivity (Wildman–Crippen MR) is 79.4 cm³/mol. The van der Waals surface area contributed by atoms with E-state index in [1.165, 1.54) is 22.4 Å². The van der Waals surface area contributed by atoms with Crippen LogP contribution in [-0.4, -0.2) is 16.3 Å². The molecule has 2 rings (SSSR count). The summed E-state index contributed by atoms with van der Waals surface area (Å²) in [6, 6.07) is 8.77. The Labute approximate surface area is 115 Å². The van der Waals surface area contributed by atoms with Gasteiger partial charge in [-0.15, -0.1) is 0 Å². The third-order valence-electron chi connectivity index (χ3n) is 3.68. The van der Waals surface area contributed by atoms with Crippen molar-refractivity contribution in [1.82, 2.24) is 15.1 Å². The highest BCUT2D eigenvalue weighted by atomic mass is 15.3. The van der Waals surface area contributed by atoms with Crippen molar-refractivity contribution in [1.29, 1.82) is 0 Å². The second-order valence-electron chi connectivity index (χ2n) is 5.05. The van der Waals surface area contributed by atoms with Crippen LogP contribution in [-0.2, 0) is 13.1 Å². The summed E-state index contributed by atoms with van der Waals surface area (Å²) in [7, 11) is 0. The van der Waals surface area contributed by atoms with Crippen molar-refractivity contribution in [2.24, 2.45) is 0 Å². The van der Waals surface area contributed by atoms with Gasteiger partial charge in [-0.25, -0.2) is 0 Å². The molecule has 0 unspecified atom stereocenters. The molecule has 2 aromatic rings. The van der Waals surface area contributed by atoms with Crippen LogP contribution < -0.4 is 5.32 Å². The molecule has 102 valence electrons. The Morgan fingerprint density at radius 3 is 2.21 bits per heavy atom. The summed E-state index contributed by atoms with van der Waals surface area (Å²) in [6.45, 7) is 11.3. The Balaban J connectivity index is 2.08. The number of hydrogen-bond donors (Lipinski definition) is 1. The summed E-state index contributed by atoms with van der Waals surface area (Å²) in [6.07, 6.45) is 0.